The molecule has 1 aromatic rings. The van der Waals surface area contributed by atoms with E-state index in [1.807, 2.05) is 19.1 Å². The fraction of sp³-hybridized carbons (Fsp3) is 0.500. The SMILES string of the molecule is CCOP(=O)(OCC)[C@@H](N)c1c(C)cccc1Cl. The van der Waals surface area contributed by atoms with Gasteiger partial charge in [-0.1, -0.05) is 23.7 Å². The molecule has 102 valence electrons. The Bertz CT molecular complexity index is 423. The zero-order chi connectivity index (χ0) is 13.8. The van der Waals surface area contributed by atoms with Gasteiger partial charge in [0, 0.05) is 10.6 Å². The van der Waals surface area contributed by atoms with Gasteiger partial charge < -0.3 is 14.8 Å². The Morgan fingerprint density at radius 3 is 2.33 bits per heavy atom. The van der Waals surface area contributed by atoms with Crippen LogP contribution in [0.1, 0.15) is 30.8 Å². The molecule has 0 amide bonds. The fourth-order valence-corrected chi connectivity index (χ4v) is 3.93. The maximum absolute atomic E-state index is 12.6. The standard InChI is InChI=1S/C12H19ClNO3P/c1-4-16-18(15,17-5-2)12(14)11-9(3)7-6-8-10(11)13/h6-8,12H,4-5,14H2,1-3H3/t12-/m1/s1. The molecule has 0 radical (unpaired) electrons. The molecular weight excluding hydrogens is 273 g/mol. The first kappa shape index (κ1) is 15.7. The predicted molar refractivity (Wildman–Crippen MR) is 74.0 cm³/mol. The van der Waals surface area contributed by atoms with Crippen LogP contribution in [0.2, 0.25) is 5.02 Å². The first-order chi connectivity index (χ1) is 8.46. The molecule has 0 aliphatic rings. The number of benzene rings is 1. The van der Waals surface area contributed by atoms with Gasteiger partial charge in [-0.15, -0.1) is 0 Å². The number of hydrogen-bond donors (Lipinski definition) is 1. The highest BCUT2D eigenvalue weighted by Gasteiger charge is 2.35. The molecule has 0 aliphatic heterocycles. The monoisotopic (exact) mass is 291 g/mol. The van der Waals surface area contributed by atoms with E-state index in [4.69, 9.17) is 26.4 Å². The summed E-state index contributed by atoms with van der Waals surface area (Å²) < 4.78 is 23.1. The van der Waals surface area contributed by atoms with E-state index in [1.165, 1.54) is 0 Å². The molecule has 0 spiro atoms. The zero-order valence-electron chi connectivity index (χ0n) is 10.9. The van der Waals surface area contributed by atoms with Gasteiger partial charge in [-0.25, -0.2) is 0 Å². The van der Waals surface area contributed by atoms with Crippen molar-refractivity contribution < 1.29 is 13.6 Å². The van der Waals surface area contributed by atoms with Gasteiger partial charge in [0.1, 0.15) is 5.78 Å². The fourth-order valence-electron chi connectivity index (χ4n) is 1.74. The Morgan fingerprint density at radius 2 is 1.89 bits per heavy atom. The molecule has 1 aromatic carbocycles. The normalized spacial score (nSPS) is 13.6. The molecule has 0 bridgehead atoms. The van der Waals surface area contributed by atoms with Crippen molar-refractivity contribution in [3.63, 3.8) is 0 Å². The molecule has 2 N–H and O–H groups in total. The lowest BCUT2D eigenvalue weighted by Gasteiger charge is -2.25. The lowest BCUT2D eigenvalue weighted by Crippen LogP contribution is -2.16. The third-order valence-corrected chi connectivity index (χ3v) is 5.03. The molecule has 1 atom stereocenters. The van der Waals surface area contributed by atoms with Crippen LogP contribution in [0.15, 0.2) is 18.2 Å². The third kappa shape index (κ3) is 3.34. The quantitative estimate of drug-likeness (QED) is 0.808. The number of nitrogens with two attached hydrogens (primary N) is 1. The minimum absolute atomic E-state index is 0.272. The van der Waals surface area contributed by atoms with Crippen molar-refractivity contribution in [2.24, 2.45) is 5.73 Å². The van der Waals surface area contributed by atoms with Gasteiger partial charge >= 0.3 is 7.60 Å². The molecule has 1 rings (SSSR count). The van der Waals surface area contributed by atoms with Gasteiger partial charge in [0.15, 0.2) is 0 Å². The lowest BCUT2D eigenvalue weighted by atomic mass is 10.1. The van der Waals surface area contributed by atoms with E-state index in [-0.39, 0.29) is 13.2 Å². The van der Waals surface area contributed by atoms with Crippen LogP contribution in [-0.4, -0.2) is 13.2 Å². The highest BCUT2D eigenvalue weighted by Crippen LogP contribution is 2.59. The highest BCUT2D eigenvalue weighted by atomic mass is 35.5. The number of aryl methyl sites for hydroxylation is 1. The Hall–Kier alpha value is -0.380. The van der Waals surface area contributed by atoms with Gasteiger partial charge in [0.05, 0.1) is 13.2 Å². The summed E-state index contributed by atoms with van der Waals surface area (Å²) in [5.41, 5.74) is 7.53. The molecule has 6 heteroatoms. The highest BCUT2D eigenvalue weighted by molar-refractivity contribution is 7.54. The second-order valence-corrected chi connectivity index (χ2v) is 6.35. The molecule has 0 unspecified atom stereocenters. The number of halogens is 1. The Labute approximate surface area is 113 Å². The lowest BCUT2D eigenvalue weighted by molar-refractivity contribution is 0.212. The molecule has 0 fully saturated rings. The van der Waals surface area contributed by atoms with Crippen molar-refractivity contribution >= 4 is 19.2 Å². The second-order valence-electron chi connectivity index (χ2n) is 3.79. The second kappa shape index (κ2) is 6.69. The van der Waals surface area contributed by atoms with Crippen LogP contribution in [0, 0.1) is 6.92 Å². The van der Waals surface area contributed by atoms with E-state index in [1.54, 1.807) is 19.9 Å². The Morgan fingerprint density at radius 1 is 1.33 bits per heavy atom. The number of rotatable bonds is 6. The molecule has 0 heterocycles. The van der Waals surface area contributed by atoms with Crippen LogP contribution < -0.4 is 5.73 Å². The average molecular weight is 292 g/mol. The van der Waals surface area contributed by atoms with Crippen LogP contribution in [0.5, 0.6) is 0 Å². The van der Waals surface area contributed by atoms with Crippen molar-refractivity contribution in [1.82, 2.24) is 0 Å². The van der Waals surface area contributed by atoms with Crippen molar-refractivity contribution in [2.75, 3.05) is 13.2 Å². The van der Waals surface area contributed by atoms with Crippen LogP contribution in [-0.2, 0) is 13.6 Å². The maximum Gasteiger partial charge on any atom is 0.351 e. The summed E-state index contributed by atoms with van der Waals surface area (Å²) in [7, 11) is -3.39. The largest absolute Gasteiger partial charge is 0.351 e. The summed E-state index contributed by atoms with van der Waals surface area (Å²) in [5.74, 6) is -0.869. The van der Waals surface area contributed by atoms with Crippen molar-refractivity contribution in [2.45, 2.75) is 26.6 Å². The van der Waals surface area contributed by atoms with Gasteiger partial charge in [-0.05, 0) is 32.4 Å². The molecule has 18 heavy (non-hydrogen) atoms. The predicted octanol–water partition coefficient (Wildman–Crippen LogP) is 3.87. The summed E-state index contributed by atoms with van der Waals surface area (Å²) in [6.07, 6.45) is 0. The van der Waals surface area contributed by atoms with Gasteiger partial charge in [0.2, 0.25) is 0 Å². The first-order valence-corrected chi connectivity index (χ1v) is 7.84. The van der Waals surface area contributed by atoms with Gasteiger partial charge in [-0.2, -0.15) is 0 Å². The van der Waals surface area contributed by atoms with Crippen molar-refractivity contribution in [1.29, 1.82) is 0 Å². The molecule has 0 aromatic heterocycles. The topological polar surface area (TPSA) is 61.5 Å². The molecule has 0 aliphatic carbocycles. The summed E-state index contributed by atoms with van der Waals surface area (Å²) in [6.45, 7) is 5.90. The Kier molecular flexibility index (Phi) is 5.83. The van der Waals surface area contributed by atoms with E-state index in [2.05, 4.69) is 0 Å². The molecule has 0 saturated heterocycles. The van der Waals surface area contributed by atoms with Gasteiger partial charge in [0.25, 0.3) is 0 Å². The van der Waals surface area contributed by atoms with E-state index in [0.717, 1.165) is 5.56 Å². The Balaban J connectivity index is 3.17. The first-order valence-electron chi connectivity index (χ1n) is 5.85. The van der Waals surface area contributed by atoms with E-state index >= 15 is 0 Å². The van der Waals surface area contributed by atoms with Crippen molar-refractivity contribution in [3.8, 4) is 0 Å². The molecular formula is C12H19ClNO3P. The minimum Gasteiger partial charge on any atom is -0.314 e. The minimum atomic E-state index is -3.39. The zero-order valence-corrected chi connectivity index (χ0v) is 12.5. The molecule has 0 saturated carbocycles. The van der Waals surface area contributed by atoms with Crippen LogP contribution >= 0.6 is 19.2 Å². The van der Waals surface area contributed by atoms with Crippen molar-refractivity contribution in [3.05, 3.63) is 34.3 Å². The van der Waals surface area contributed by atoms with E-state index < -0.39 is 13.4 Å². The third-order valence-electron chi connectivity index (χ3n) is 2.53. The number of hydrogen-bond acceptors (Lipinski definition) is 4. The van der Waals surface area contributed by atoms with Gasteiger partial charge in [-0.3, -0.25) is 4.57 Å². The van der Waals surface area contributed by atoms with Crippen LogP contribution in [0.3, 0.4) is 0 Å². The van der Waals surface area contributed by atoms with Crippen LogP contribution in [0.4, 0.5) is 0 Å². The summed E-state index contributed by atoms with van der Waals surface area (Å²) in [5, 5.41) is 0.474. The molecule has 4 nitrogen and oxygen atoms in total. The van der Waals surface area contributed by atoms with E-state index in [0.29, 0.717) is 10.6 Å². The average Bonchev–Trinajstić information content (AvgIpc) is 2.29. The summed E-state index contributed by atoms with van der Waals surface area (Å²) >= 11 is 6.12. The summed E-state index contributed by atoms with van der Waals surface area (Å²) in [4.78, 5) is 0. The van der Waals surface area contributed by atoms with Crippen LogP contribution in [0.25, 0.3) is 0 Å². The summed E-state index contributed by atoms with van der Waals surface area (Å²) in [6, 6.07) is 5.40. The maximum atomic E-state index is 12.6. The smallest absolute Gasteiger partial charge is 0.314 e. The van der Waals surface area contributed by atoms with E-state index in [9.17, 15) is 4.57 Å².